The van der Waals surface area contributed by atoms with Crippen LogP contribution in [0.5, 0.6) is 0 Å². The number of hydrogen-bond acceptors (Lipinski definition) is 2. The molecule has 1 unspecified atom stereocenters. The monoisotopic (exact) mass is 251 g/mol. The number of ketones is 1. The van der Waals surface area contributed by atoms with Gasteiger partial charge < -0.3 is 0 Å². The number of carbonyl (C=O) groups excluding carboxylic acids is 1. The van der Waals surface area contributed by atoms with Gasteiger partial charge >= 0.3 is 0 Å². The van der Waals surface area contributed by atoms with Crippen molar-refractivity contribution in [3.63, 3.8) is 0 Å². The predicted molar refractivity (Wildman–Crippen MR) is 75.5 cm³/mol. The zero-order valence-corrected chi connectivity index (χ0v) is 11.1. The molecule has 1 aromatic carbocycles. The smallest absolute Gasteiger partial charge is 0.162 e. The highest BCUT2D eigenvalue weighted by atomic mass is 16.1. The fourth-order valence-electron chi connectivity index (χ4n) is 2.84. The Morgan fingerprint density at radius 1 is 1.26 bits per heavy atom. The molecule has 0 amide bonds. The van der Waals surface area contributed by atoms with Gasteiger partial charge in [-0.05, 0) is 30.0 Å². The van der Waals surface area contributed by atoms with E-state index in [9.17, 15) is 4.79 Å². The molecule has 0 saturated heterocycles. The summed E-state index contributed by atoms with van der Waals surface area (Å²) in [7, 11) is 0. The molecule has 2 nitrogen and oxygen atoms in total. The number of benzene rings is 1. The molecule has 0 aliphatic heterocycles. The van der Waals surface area contributed by atoms with Crippen LogP contribution in [-0.2, 0) is 6.42 Å². The molecule has 3 rings (SSSR count). The van der Waals surface area contributed by atoms with Gasteiger partial charge in [-0.2, -0.15) is 0 Å². The van der Waals surface area contributed by atoms with Crippen molar-refractivity contribution in [2.45, 2.75) is 32.1 Å². The zero-order valence-electron chi connectivity index (χ0n) is 11.1. The van der Waals surface area contributed by atoms with E-state index in [1.807, 2.05) is 31.3 Å². The largest absolute Gasteiger partial charge is 0.294 e. The first kappa shape index (κ1) is 12.1. The number of nitrogens with zero attached hydrogens (tertiary/aromatic N) is 1. The minimum Gasteiger partial charge on any atom is -0.294 e. The van der Waals surface area contributed by atoms with Gasteiger partial charge in [-0.15, -0.1) is 0 Å². The molecule has 0 radical (unpaired) electrons. The van der Waals surface area contributed by atoms with Gasteiger partial charge in [-0.3, -0.25) is 9.78 Å². The molecule has 1 heterocycles. The fraction of sp³-hybridized carbons (Fsp3) is 0.294. The SMILES string of the molecule is CCC(=O)c1ccc(C2CCc3cccnc32)cc1. The van der Waals surface area contributed by atoms with Gasteiger partial charge in [-0.25, -0.2) is 0 Å². The number of rotatable bonds is 3. The van der Waals surface area contributed by atoms with E-state index in [4.69, 9.17) is 0 Å². The summed E-state index contributed by atoms with van der Waals surface area (Å²) in [5, 5.41) is 0. The fourth-order valence-corrected chi connectivity index (χ4v) is 2.84. The Morgan fingerprint density at radius 2 is 2.05 bits per heavy atom. The third-order valence-electron chi connectivity index (χ3n) is 3.91. The van der Waals surface area contributed by atoms with E-state index in [1.54, 1.807) is 0 Å². The highest BCUT2D eigenvalue weighted by Gasteiger charge is 2.24. The molecule has 0 spiro atoms. The second kappa shape index (κ2) is 4.96. The van der Waals surface area contributed by atoms with E-state index >= 15 is 0 Å². The first-order valence-electron chi connectivity index (χ1n) is 6.86. The number of aromatic nitrogens is 1. The molecule has 2 heteroatoms. The lowest BCUT2D eigenvalue weighted by Crippen LogP contribution is -2.01. The van der Waals surface area contributed by atoms with Crippen LogP contribution in [0.4, 0.5) is 0 Å². The van der Waals surface area contributed by atoms with Crippen molar-refractivity contribution in [1.82, 2.24) is 4.98 Å². The van der Waals surface area contributed by atoms with Crippen LogP contribution in [0.3, 0.4) is 0 Å². The van der Waals surface area contributed by atoms with Crippen molar-refractivity contribution < 1.29 is 4.79 Å². The van der Waals surface area contributed by atoms with Crippen molar-refractivity contribution in [2.24, 2.45) is 0 Å². The molecule has 2 aromatic rings. The van der Waals surface area contributed by atoms with Gasteiger partial charge in [-0.1, -0.05) is 37.3 Å². The van der Waals surface area contributed by atoms with Crippen molar-refractivity contribution in [3.8, 4) is 0 Å². The van der Waals surface area contributed by atoms with Crippen molar-refractivity contribution in [3.05, 3.63) is 65.0 Å². The van der Waals surface area contributed by atoms with Gasteiger partial charge in [0.15, 0.2) is 5.78 Å². The highest BCUT2D eigenvalue weighted by molar-refractivity contribution is 5.95. The Hall–Kier alpha value is -1.96. The third-order valence-corrected chi connectivity index (χ3v) is 3.91. The van der Waals surface area contributed by atoms with Crippen LogP contribution in [0.25, 0.3) is 0 Å². The lowest BCUT2D eigenvalue weighted by Gasteiger charge is -2.11. The van der Waals surface area contributed by atoms with Gasteiger partial charge in [0.05, 0.1) is 5.69 Å². The number of fused-ring (bicyclic) bond motifs is 1. The van der Waals surface area contributed by atoms with Gasteiger partial charge in [0.1, 0.15) is 0 Å². The van der Waals surface area contributed by atoms with Crippen LogP contribution in [0, 0.1) is 0 Å². The van der Waals surface area contributed by atoms with E-state index in [0.29, 0.717) is 12.3 Å². The maximum Gasteiger partial charge on any atom is 0.162 e. The summed E-state index contributed by atoms with van der Waals surface area (Å²) < 4.78 is 0. The summed E-state index contributed by atoms with van der Waals surface area (Å²) in [6.45, 7) is 1.90. The highest BCUT2D eigenvalue weighted by Crippen LogP contribution is 2.36. The summed E-state index contributed by atoms with van der Waals surface area (Å²) in [5.74, 6) is 0.596. The summed E-state index contributed by atoms with van der Waals surface area (Å²) in [6.07, 6.45) is 4.65. The number of hydrogen-bond donors (Lipinski definition) is 0. The molecule has 0 fully saturated rings. The van der Waals surface area contributed by atoms with Crippen LogP contribution < -0.4 is 0 Å². The number of Topliss-reactive ketones (excluding diaryl/α,β-unsaturated/α-hetero) is 1. The van der Waals surface area contributed by atoms with Gasteiger partial charge in [0.2, 0.25) is 0 Å². The van der Waals surface area contributed by atoms with E-state index in [1.165, 1.54) is 16.8 Å². The zero-order chi connectivity index (χ0) is 13.2. The molecule has 1 aliphatic rings. The quantitative estimate of drug-likeness (QED) is 0.778. The molecule has 96 valence electrons. The van der Waals surface area contributed by atoms with E-state index < -0.39 is 0 Å². The second-order valence-electron chi connectivity index (χ2n) is 5.04. The Kier molecular flexibility index (Phi) is 3.16. The lowest BCUT2D eigenvalue weighted by atomic mass is 9.95. The summed E-state index contributed by atoms with van der Waals surface area (Å²) in [6, 6.07) is 12.2. The maximum absolute atomic E-state index is 11.6. The molecule has 1 aliphatic carbocycles. The Labute approximate surface area is 113 Å². The minimum absolute atomic E-state index is 0.205. The van der Waals surface area contributed by atoms with Crippen molar-refractivity contribution in [1.29, 1.82) is 0 Å². The van der Waals surface area contributed by atoms with Crippen LogP contribution in [0.1, 0.15) is 52.9 Å². The molecular formula is C17H17NO. The molecule has 0 bridgehead atoms. The second-order valence-corrected chi connectivity index (χ2v) is 5.04. The summed E-state index contributed by atoms with van der Waals surface area (Å²) in [4.78, 5) is 16.2. The van der Waals surface area contributed by atoms with Crippen LogP contribution >= 0.6 is 0 Å². The van der Waals surface area contributed by atoms with E-state index in [0.717, 1.165) is 18.4 Å². The molecule has 0 N–H and O–H groups in total. The third kappa shape index (κ3) is 2.19. The predicted octanol–water partition coefficient (Wildman–Crippen LogP) is 3.75. The Bertz CT molecular complexity index is 601. The molecular weight excluding hydrogens is 234 g/mol. The number of aryl methyl sites for hydroxylation is 1. The van der Waals surface area contributed by atoms with Crippen molar-refractivity contribution in [2.75, 3.05) is 0 Å². The normalized spacial score (nSPS) is 17.2. The average Bonchev–Trinajstić information content (AvgIpc) is 2.90. The van der Waals surface area contributed by atoms with Crippen LogP contribution in [0.2, 0.25) is 0 Å². The maximum atomic E-state index is 11.6. The molecule has 19 heavy (non-hydrogen) atoms. The lowest BCUT2D eigenvalue weighted by molar-refractivity contribution is 0.0988. The Morgan fingerprint density at radius 3 is 2.79 bits per heavy atom. The summed E-state index contributed by atoms with van der Waals surface area (Å²) in [5.41, 5.74) is 4.65. The Balaban J connectivity index is 1.90. The van der Waals surface area contributed by atoms with Gasteiger partial charge in [0.25, 0.3) is 0 Å². The number of pyridine rings is 1. The first-order chi connectivity index (χ1) is 9.29. The topological polar surface area (TPSA) is 30.0 Å². The van der Waals surface area contributed by atoms with Gasteiger partial charge in [0, 0.05) is 24.1 Å². The van der Waals surface area contributed by atoms with Crippen LogP contribution in [0.15, 0.2) is 42.6 Å². The summed E-state index contributed by atoms with van der Waals surface area (Å²) >= 11 is 0. The minimum atomic E-state index is 0.205. The standard InChI is InChI=1S/C17H17NO/c1-2-16(19)13-7-5-12(6-8-13)15-10-9-14-4-3-11-18-17(14)15/h3-8,11,15H,2,9-10H2,1H3. The molecule has 1 aromatic heterocycles. The van der Waals surface area contributed by atoms with E-state index in [-0.39, 0.29) is 5.78 Å². The van der Waals surface area contributed by atoms with Crippen LogP contribution in [-0.4, -0.2) is 10.8 Å². The first-order valence-corrected chi connectivity index (χ1v) is 6.86. The van der Waals surface area contributed by atoms with Crippen molar-refractivity contribution >= 4 is 5.78 Å². The molecule has 0 saturated carbocycles. The average molecular weight is 251 g/mol. The molecule has 1 atom stereocenters. The number of carbonyl (C=O) groups is 1. The van der Waals surface area contributed by atoms with E-state index in [2.05, 4.69) is 23.2 Å².